The van der Waals surface area contributed by atoms with Crippen LogP contribution < -0.4 is 33.8 Å². The molecule has 7 heterocycles. The average Bonchev–Trinajstić information content (AvgIpc) is 1.59. The normalized spacial score (nSPS) is 16.7. The van der Waals surface area contributed by atoms with Gasteiger partial charge in [-0.05, 0) is 161 Å². The first-order chi connectivity index (χ1) is 47.4. The van der Waals surface area contributed by atoms with E-state index in [-0.39, 0.29) is 58.0 Å². The second-order valence-electron chi connectivity index (χ2n) is 24.5. The second kappa shape index (κ2) is 33.4. The van der Waals surface area contributed by atoms with Gasteiger partial charge in [0, 0.05) is 109 Å². The predicted molar refractivity (Wildman–Crippen MR) is 400 cm³/mol. The Morgan fingerprint density at radius 3 is 1.59 bits per heavy atom. The maximum Gasteiger partial charge on any atom is 0.410 e. The maximum absolute atomic E-state index is 12.3. The van der Waals surface area contributed by atoms with E-state index in [4.69, 9.17) is 35.9 Å². The lowest BCUT2D eigenvalue weighted by Gasteiger charge is -2.35. The molecule has 0 aliphatic carbocycles. The van der Waals surface area contributed by atoms with Gasteiger partial charge < -0.3 is 42.8 Å². The summed E-state index contributed by atoms with van der Waals surface area (Å²) in [5, 5.41) is 33.3. The first kappa shape index (κ1) is 75.1. The van der Waals surface area contributed by atoms with Crippen molar-refractivity contribution in [3.8, 4) is 6.07 Å². The number of carboxylic acids is 2. The molecule has 10 aromatic rings. The van der Waals surface area contributed by atoms with Gasteiger partial charge in [-0.3, -0.25) is 24.0 Å². The summed E-state index contributed by atoms with van der Waals surface area (Å²) >= 11 is 5.72. The molecule has 4 atom stereocenters. The third-order valence-electron chi connectivity index (χ3n) is 16.8. The number of Topliss-reactive ketones (excluding diaryl/α,β-unsaturated/α-hetero) is 1. The number of carbonyl (C=O) groups excluding carboxylic acids is 4. The molecule has 4 bridgehead atoms. The Kier molecular flexibility index (Phi) is 25.1. The van der Waals surface area contributed by atoms with E-state index in [2.05, 4.69) is 63.1 Å². The molecule has 5 aliphatic rings. The van der Waals surface area contributed by atoms with Crippen LogP contribution in [0.15, 0.2) is 211 Å². The zero-order valence-corrected chi connectivity index (χ0v) is 59.8. The zero-order chi connectivity index (χ0) is 70.8. The average molecular weight is 1480 g/mol. The molecule has 4 unspecified atom stereocenters. The van der Waals surface area contributed by atoms with Crippen LogP contribution in [0.4, 0.5) is 4.79 Å². The molecule has 514 valence electrons. The van der Waals surface area contributed by atoms with E-state index in [1.165, 1.54) is 80.5 Å². The number of nitrogens with one attached hydrogen (secondary N) is 1. The fourth-order valence-corrected chi connectivity index (χ4v) is 17.2. The van der Waals surface area contributed by atoms with E-state index in [9.17, 15) is 38.4 Å². The number of aromatic carboxylic acids is 2. The van der Waals surface area contributed by atoms with Crippen molar-refractivity contribution in [2.45, 2.75) is 121 Å². The third kappa shape index (κ3) is 17.7. The molecule has 3 amide bonds. The van der Waals surface area contributed by atoms with Crippen LogP contribution in [0, 0.1) is 11.3 Å². The number of carboxylic acid groups (broad SMARTS) is 2. The SMILES string of the molecule is CC(C)(C)OC(=O)N1C2CCC1CC(=O)C2.N.N#Cc1ccccc1Sc1ccccc1C(=O)O.NC(=O)c1cccc2c(=O)c3ccccc3sc12.NC(=O)c1cccc2c1Sc1ccccc1C2=C1CC2CCC(C1)N2.O=C(O)c1cccc2c(=O)c3ccccc3sc12.O=S(Cl)Cl. The third-order valence-corrected chi connectivity index (χ3v) is 21.6. The van der Waals surface area contributed by atoms with Gasteiger partial charge in [-0.2, -0.15) is 5.26 Å². The number of nitriles is 1. The summed E-state index contributed by atoms with van der Waals surface area (Å²) < 4.78 is 17.3. The van der Waals surface area contributed by atoms with E-state index < -0.39 is 32.7 Å². The number of piperidine rings is 2. The summed E-state index contributed by atoms with van der Waals surface area (Å²) in [6.45, 7) is 5.59. The van der Waals surface area contributed by atoms with E-state index in [1.807, 2.05) is 81.4 Å². The number of ether oxygens (including phenoxy) is 1. The minimum Gasteiger partial charge on any atom is -0.478 e. The van der Waals surface area contributed by atoms with Crippen molar-refractivity contribution in [2.24, 2.45) is 11.5 Å². The number of primary amides is 2. The van der Waals surface area contributed by atoms with Crippen LogP contribution in [-0.2, 0) is 18.8 Å². The molecule has 8 aromatic carbocycles. The fourth-order valence-electron chi connectivity index (χ4n) is 12.6. The number of fused-ring (bicyclic) bond motifs is 10. The highest BCUT2D eigenvalue weighted by Crippen LogP contribution is 2.50. The van der Waals surface area contributed by atoms with Gasteiger partial charge in [-0.15, -0.1) is 22.7 Å². The van der Waals surface area contributed by atoms with Crippen LogP contribution in [-0.4, -0.2) is 84.7 Å². The van der Waals surface area contributed by atoms with Crippen molar-refractivity contribution in [3.63, 3.8) is 0 Å². The smallest absolute Gasteiger partial charge is 0.410 e. The molecule has 0 saturated carbocycles. The quantitative estimate of drug-likeness (QED) is 0.0665. The minimum atomic E-state index is -1.67. The van der Waals surface area contributed by atoms with E-state index >= 15 is 0 Å². The molecule has 25 heteroatoms. The Balaban J connectivity index is 0.000000145. The lowest BCUT2D eigenvalue weighted by Crippen LogP contribution is -2.48. The number of benzene rings is 8. The van der Waals surface area contributed by atoms with Gasteiger partial charge in [0.05, 0.1) is 37.2 Å². The summed E-state index contributed by atoms with van der Waals surface area (Å²) in [5.74, 6) is -2.55. The standard InChI is InChI=1S/C21H20N2OS.2C14H9NO2S.C14H8O3S.C12H19NO3.Cl2OS.H3N/c22-21(24)17-6-3-5-16-19(12-10-13-8-9-14(11-12)23-13)15-4-1-2-7-18(15)25-20(16)17;15-14(17)10-6-3-5-9-12(16)8-4-1-2-7-11(8)18-13(9)10;15-9-10-5-1-3-7-12(10)18-13-8-4-2-6-11(13)14(16)17;15-12-8-4-1-2-7-11(8)18-13-9(12)5-3-6-10(13)14(16)17;1-12(2,3)16-11(15)13-8-4-5-9(13)7-10(14)6-8;1-4(2)3;/h1-7,13-14,23H,8-11H2,(H2,22,24);1-7H,(H2,15,17);1-8H,(H,16,17);1-7H,(H,16,17);8-9H,4-7H2,1-3H3;;1H3. The number of rotatable bonds is 6. The fraction of sp³-hybridized carbons (Fsp3) is 0.213. The summed E-state index contributed by atoms with van der Waals surface area (Å²) in [4.78, 5) is 99.0. The molecule has 100 heavy (non-hydrogen) atoms. The van der Waals surface area contributed by atoms with Crippen LogP contribution in [0.1, 0.15) is 130 Å². The minimum absolute atomic E-state index is 0. The van der Waals surface area contributed by atoms with E-state index in [0.29, 0.717) is 77.5 Å². The lowest BCUT2D eigenvalue weighted by molar-refractivity contribution is -0.123. The number of halogens is 2. The number of nitrogens with two attached hydrogens (primary N) is 2. The summed E-state index contributed by atoms with van der Waals surface area (Å²) in [7, 11) is 7.36. The van der Waals surface area contributed by atoms with Gasteiger partial charge in [-0.1, -0.05) is 120 Å². The van der Waals surface area contributed by atoms with Gasteiger partial charge in [0.2, 0.25) is 21.0 Å². The highest BCUT2D eigenvalue weighted by atomic mass is 36.0. The maximum atomic E-state index is 12.3. The predicted octanol–water partition coefficient (Wildman–Crippen LogP) is 16.3. The molecule has 0 radical (unpaired) electrons. The molecule has 4 fully saturated rings. The number of amides is 3. The largest absolute Gasteiger partial charge is 0.478 e. The van der Waals surface area contributed by atoms with Crippen molar-refractivity contribution >= 4 is 158 Å². The Bertz CT molecular complexity index is 4900. The van der Waals surface area contributed by atoms with Crippen molar-refractivity contribution < 1.29 is 47.9 Å². The Morgan fingerprint density at radius 1 is 0.590 bits per heavy atom. The number of carbonyl (C=O) groups is 6. The number of nitrogens with zero attached hydrogens (tertiary/aromatic N) is 2. The van der Waals surface area contributed by atoms with Crippen molar-refractivity contribution in [1.29, 1.82) is 5.26 Å². The molecule has 18 nitrogen and oxygen atoms in total. The van der Waals surface area contributed by atoms with E-state index in [0.717, 1.165) is 44.9 Å². The topological polar surface area (TPSA) is 329 Å². The molecule has 2 aromatic heterocycles. The molecule has 5 aliphatic heterocycles. The van der Waals surface area contributed by atoms with Gasteiger partial charge >= 0.3 is 18.0 Å². The highest BCUT2D eigenvalue weighted by molar-refractivity contribution is 8.26. The van der Waals surface area contributed by atoms with Gasteiger partial charge in [0.1, 0.15) is 17.5 Å². The zero-order valence-electron chi connectivity index (χ0n) is 54.2. The number of hydrogen-bond acceptors (Lipinski definition) is 17. The van der Waals surface area contributed by atoms with Crippen molar-refractivity contribution in [1.82, 2.24) is 16.4 Å². The lowest BCUT2D eigenvalue weighted by atomic mass is 9.85. The van der Waals surface area contributed by atoms with Crippen LogP contribution in [0.25, 0.3) is 45.9 Å². The highest BCUT2D eigenvalue weighted by Gasteiger charge is 2.44. The summed E-state index contributed by atoms with van der Waals surface area (Å²) in [6.07, 6.45) is 7.39. The summed E-state index contributed by atoms with van der Waals surface area (Å²) in [6, 6.07) is 56.3. The molecule has 15 rings (SSSR count). The second-order valence-corrected chi connectivity index (χ2v) is 31.2. The first-order valence-corrected chi connectivity index (χ1v) is 37.3. The summed E-state index contributed by atoms with van der Waals surface area (Å²) in [5.41, 5.74) is 17.7. The number of hydrogen-bond donors (Lipinski definition) is 6. The molecule has 10 N–H and O–H groups in total. The molecule has 0 spiro atoms. The van der Waals surface area contributed by atoms with Crippen LogP contribution in [0.2, 0.25) is 0 Å². The Hall–Kier alpha value is -9.06. The van der Waals surface area contributed by atoms with E-state index in [1.54, 1.807) is 95.5 Å². The monoisotopic (exact) mass is 1470 g/mol. The van der Waals surface area contributed by atoms with Gasteiger partial charge in [0.15, 0.2) is 10.9 Å². The molecule has 4 saturated heterocycles. The Labute approximate surface area is 603 Å². The molecular formula is C75H68Cl2N6O12S5. The van der Waals surface area contributed by atoms with Crippen molar-refractivity contribution in [2.75, 3.05) is 0 Å². The van der Waals surface area contributed by atoms with Crippen molar-refractivity contribution in [3.05, 3.63) is 241 Å². The Morgan fingerprint density at radius 2 is 1.04 bits per heavy atom. The van der Waals surface area contributed by atoms with Crippen LogP contribution in [0.3, 0.4) is 0 Å². The van der Waals surface area contributed by atoms with Crippen LogP contribution in [0.5, 0.6) is 0 Å². The van der Waals surface area contributed by atoms with Gasteiger partial charge in [0.25, 0.3) is 0 Å². The first-order valence-electron chi connectivity index (χ1n) is 31.3. The van der Waals surface area contributed by atoms with Gasteiger partial charge in [-0.25, -0.2) is 18.6 Å². The molecular weight excluding hydrogens is 1410 g/mol. The number of ketones is 1. The van der Waals surface area contributed by atoms with Crippen LogP contribution >= 0.6 is 67.6 Å².